The number of aromatic nitrogens is 2. The molecule has 1 aromatic heterocycles. The molecule has 1 aromatic rings. The van der Waals surface area contributed by atoms with Crippen molar-refractivity contribution in [3.63, 3.8) is 0 Å². The summed E-state index contributed by atoms with van der Waals surface area (Å²) in [5.41, 5.74) is 2.32. The lowest BCUT2D eigenvalue weighted by molar-refractivity contribution is 0.274. The Morgan fingerprint density at radius 1 is 1.17 bits per heavy atom. The molecule has 3 heterocycles. The zero-order chi connectivity index (χ0) is 14.9. The number of hydrogen-bond donors (Lipinski definition) is 1. The molecule has 0 saturated carbocycles. The molecule has 0 atom stereocenters. The molecule has 0 aromatic carbocycles. The Bertz CT molecular complexity index is 584. The van der Waals surface area contributed by atoms with Crippen LogP contribution >= 0.6 is 24.8 Å². The lowest BCUT2D eigenvalue weighted by Gasteiger charge is -2.19. The highest BCUT2D eigenvalue weighted by Gasteiger charge is 2.22. The maximum atomic E-state index is 11.6. The molecule has 2 aliphatic rings. The highest BCUT2D eigenvalue weighted by Crippen LogP contribution is 2.13. The zero-order valence-corrected chi connectivity index (χ0v) is 15.7. The highest BCUT2D eigenvalue weighted by atomic mass is 35.5. The molecule has 0 amide bonds. The van der Waals surface area contributed by atoms with E-state index in [1.54, 1.807) is 4.31 Å². The maximum absolute atomic E-state index is 11.6. The Hall–Kier alpha value is -0.380. The fraction of sp³-hybridized carbons (Fsp3) is 0.769. The van der Waals surface area contributed by atoms with E-state index < -0.39 is 10.0 Å². The zero-order valence-electron chi connectivity index (χ0n) is 13.3. The van der Waals surface area contributed by atoms with Gasteiger partial charge in [-0.05, 0) is 19.0 Å². The molecule has 0 bridgehead atoms. The normalized spacial score (nSPS) is 20.0. The molecule has 23 heavy (non-hydrogen) atoms. The number of nitrogens with one attached hydrogen (secondary N) is 1. The minimum Gasteiger partial charge on any atom is -0.309 e. The Balaban J connectivity index is 0.00000132. The maximum Gasteiger partial charge on any atom is 0.211 e. The van der Waals surface area contributed by atoms with Crippen molar-refractivity contribution in [3.05, 3.63) is 17.5 Å². The van der Waals surface area contributed by atoms with Crippen molar-refractivity contribution in [3.8, 4) is 0 Å². The number of nitrogens with zero attached hydrogens (tertiary/aromatic N) is 4. The van der Waals surface area contributed by atoms with Gasteiger partial charge in [0.1, 0.15) is 0 Å². The first-order valence-electron chi connectivity index (χ1n) is 7.46. The van der Waals surface area contributed by atoms with Crippen molar-refractivity contribution in [1.29, 1.82) is 0 Å². The van der Waals surface area contributed by atoms with Crippen LogP contribution in [0.15, 0.2) is 6.07 Å². The monoisotopic (exact) mass is 385 g/mol. The minimum atomic E-state index is -3.07. The van der Waals surface area contributed by atoms with Gasteiger partial charge in [0.15, 0.2) is 0 Å². The smallest absolute Gasteiger partial charge is 0.211 e. The second-order valence-corrected chi connectivity index (χ2v) is 7.80. The van der Waals surface area contributed by atoms with Gasteiger partial charge < -0.3 is 5.32 Å². The van der Waals surface area contributed by atoms with E-state index >= 15 is 0 Å². The van der Waals surface area contributed by atoms with Gasteiger partial charge in [-0.15, -0.1) is 24.8 Å². The summed E-state index contributed by atoms with van der Waals surface area (Å²) in [6, 6.07) is 2.16. The molecule has 0 aliphatic carbocycles. The van der Waals surface area contributed by atoms with E-state index in [9.17, 15) is 8.42 Å². The van der Waals surface area contributed by atoms with E-state index in [0.717, 1.165) is 51.4 Å². The summed E-state index contributed by atoms with van der Waals surface area (Å²) in [7, 11) is -3.07. The predicted molar refractivity (Wildman–Crippen MR) is 94.7 cm³/mol. The fourth-order valence-corrected chi connectivity index (χ4v) is 3.87. The first kappa shape index (κ1) is 20.7. The molecule has 0 unspecified atom stereocenters. The molecular weight excluding hydrogens is 361 g/mol. The average molecular weight is 386 g/mol. The molecule has 1 fully saturated rings. The van der Waals surface area contributed by atoms with Crippen LogP contribution in [0.2, 0.25) is 0 Å². The van der Waals surface area contributed by atoms with E-state index in [1.807, 2.05) is 0 Å². The number of sulfonamides is 1. The molecule has 7 nitrogen and oxygen atoms in total. The number of fused-ring (bicyclic) bond motifs is 1. The third-order valence-corrected chi connectivity index (χ3v) is 5.43. The molecule has 0 spiro atoms. The Morgan fingerprint density at radius 2 is 1.96 bits per heavy atom. The second kappa shape index (κ2) is 8.64. The van der Waals surface area contributed by atoms with Crippen molar-refractivity contribution in [2.75, 3.05) is 39.0 Å². The summed E-state index contributed by atoms with van der Waals surface area (Å²) in [5.74, 6) is 0. The third kappa shape index (κ3) is 5.30. The third-order valence-electron chi connectivity index (χ3n) is 4.12. The van der Waals surface area contributed by atoms with Gasteiger partial charge in [0.05, 0.1) is 24.2 Å². The van der Waals surface area contributed by atoms with Crippen molar-refractivity contribution in [2.24, 2.45) is 0 Å². The van der Waals surface area contributed by atoms with Gasteiger partial charge in [-0.2, -0.15) is 5.10 Å². The average Bonchev–Trinajstić information content (AvgIpc) is 2.66. The van der Waals surface area contributed by atoms with Gasteiger partial charge in [0, 0.05) is 39.3 Å². The molecule has 134 valence electrons. The topological polar surface area (TPSA) is 70.5 Å². The summed E-state index contributed by atoms with van der Waals surface area (Å²) >= 11 is 0. The number of rotatable bonds is 3. The Morgan fingerprint density at radius 3 is 2.65 bits per heavy atom. The van der Waals surface area contributed by atoms with E-state index in [-0.39, 0.29) is 24.8 Å². The molecule has 10 heteroatoms. The molecule has 1 saturated heterocycles. The van der Waals surface area contributed by atoms with Gasteiger partial charge in [-0.25, -0.2) is 12.7 Å². The summed E-state index contributed by atoms with van der Waals surface area (Å²) < 4.78 is 26.9. The lowest BCUT2D eigenvalue weighted by Crippen LogP contribution is -2.34. The summed E-state index contributed by atoms with van der Waals surface area (Å²) in [6.07, 6.45) is 2.17. The largest absolute Gasteiger partial charge is 0.309 e. The van der Waals surface area contributed by atoms with E-state index in [1.165, 1.54) is 11.9 Å². The van der Waals surface area contributed by atoms with Gasteiger partial charge in [0.2, 0.25) is 10.0 Å². The first-order valence-corrected chi connectivity index (χ1v) is 9.31. The number of halogens is 2. The van der Waals surface area contributed by atoms with E-state index in [4.69, 9.17) is 0 Å². The summed E-state index contributed by atoms with van der Waals surface area (Å²) in [6.45, 7) is 6.48. The number of hydrogen-bond acceptors (Lipinski definition) is 5. The van der Waals surface area contributed by atoms with Crippen molar-refractivity contribution >= 4 is 34.8 Å². The minimum absolute atomic E-state index is 0. The molecule has 3 rings (SSSR count). The van der Waals surface area contributed by atoms with Gasteiger partial charge in [0.25, 0.3) is 0 Å². The van der Waals surface area contributed by atoms with Gasteiger partial charge in [-0.1, -0.05) is 0 Å². The molecule has 0 radical (unpaired) electrons. The lowest BCUT2D eigenvalue weighted by atomic mass is 10.3. The Kier molecular flexibility index (Phi) is 7.76. The van der Waals surface area contributed by atoms with Gasteiger partial charge >= 0.3 is 0 Å². The van der Waals surface area contributed by atoms with Crippen molar-refractivity contribution < 1.29 is 8.42 Å². The van der Waals surface area contributed by atoms with Crippen LogP contribution in [0.4, 0.5) is 0 Å². The van der Waals surface area contributed by atoms with E-state index in [2.05, 4.69) is 26.1 Å². The van der Waals surface area contributed by atoms with Crippen LogP contribution in [-0.4, -0.2) is 66.4 Å². The quantitative estimate of drug-likeness (QED) is 0.809. The second-order valence-electron chi connectivity index (χ2n) is 5.82. The standard InChI is InChI=1S/C13H23N5O2S.2ClH/c1-21(19,20)17-5-2-4-16(7-8-17)11-12-9-13-10-14-3-6-18(13)15-12;;/h9,14H,2-8,10-11H2,1H3;2*1H. The predicted octanol–water partition coefficient (Wildman–Crippen LogP) is 0.297. The van der Waals surface area contributed by atoms with Crippen LogP contribution in [-0.2, 0) is 29.7 Å². The highest BCUT2D eigenvalue weighted by molar-refractivity contribution is 7.88. The van der Waals surface area contributed by atoms with Crippen LogP contribution < -0.4 is 5.32 Å². The van der Waals surface area contributed by atoms with Crippen LogP contribution in [0.3, 0.4) is 0 Å². The molecule has 2 aliphatic heterocycles. The molecular formula is C13H25Cl2N5O2S. The first-order chi connectivity index (χ1) is 10.0. The van der Waals surface area contributed by atoms with E-state index in [0.29, 0.717) is 13.1 Å². The molecule has 1 N–H and O–H groups in total. The van der Waals surface area contributed by atoms with Crippen LogP contribution in [0.5, 0.6) is 0 Å². The van der Waals surface area contributed by atoms with Gasteiger partial charge in [-0.3, -0.25) is 9.58 Å². The fourth-order valence-electron chi connectivity index (χ4n) is 3.00. The van der Waals surface area contributed by atoms with Crippen LogP contribution in [0.1, 0.15) is 17.8 Å². The van der Waals surface area contributed by atoms with Crippen molar-refractivity contribution in [1.82, 2.24) is 24.3 Å². The SMILES string of the molecule is CS(=O)(=O)N1CCCN(Cc2cc3n(n2)CCNC3)CC1.Cl.Cl. The summed E-state index contributed by atoms with van der Waals surface area (Å²) in [5, 5.41) is 7.99. The van der Waals surface area contributed by atoms with Crippen LogP contribution in [0.25, 0.3) is 0 Å². The Labute approximate surface area is 150 Å². The summed E-state index contributed by atoms with van der Waals surface area (Å²) in [4.78, 5) is 2.30. The van der Waals surface area contributed by atoms with Crippen molar-refractivity contribution in [2.45, 2.75) is 26.1 Å². The van der Waals surface area contributed by atoms with Crippen LogP contribution in [0, 0.1) is 0 Å².